The number of nitrogens with one attached hydrogen (secondary N) is 2. The lowest BCUT2D eigenvalue weighted by Crippen LogP contribution is -2.51. The molecule has 1 aromatic heterocycles. The van der Waals surface area contributed by atoms with Crippen molar-refractivity contribution in [2.45, 2.75) is 20.8 Å². The van der Waals surface area contributed by atoms with Crippen molar-refractivity contribution >= 4 is 34.8 Å². The molecule has 0 radical (unpaired) electrons. The van der Waals surface area contributed by atoms with Crippen LogP contribution in [0.15, 0.2) is 60.8 Å². The average Bonchev–Trinajstić information content (AvgIpc) is 2.88. The number of hydrogen-bond donors (Lipinski definition) is 2. The summed E-state index contributed by atoms with van der Waals surface area (Å²) >= 11 is 0. The Morgan fingerprint density at radius 1 is 0.895 bits per heavy atom. The number of nitrogens with zero attached hydrogens (tertiary/aromatic N) is 5. The second-order valence-corrected chi connectivity index (χ2v) is 10.8. The van der Waals surface area contributed by atoms with E-state index in [0.29, 0.717) is 12.5 Å². The fourth-order valence-corrected chi connectivity index (χ4v) is 4.32. The van der Waals surface area contributed by atoms with Crippen LogP contribution in [0.4, 0.5) is 23.0 Å². The van der Waals surface area contributed by atoms with Gasteiger partial charge in [0.25, 0.3) is 0 Å². The van der Waals surface area contributed by atoms with Crippen LogP contribution < -0.4 is 15.5 Å². The number of benzene rings is 2. The molecule has 200 valence electrons. The third-order valence-electron chi connectivity index (χ3n) is 6.28. The Bertz CT molecular complexity index is 1240. The molecule has 9 nitrogen and oxygen atoms in total. The van der Waals surface area contributed by atoms with Gasteiger partial charge in [-0.3, -0.25) is 9.59 Å². The van der Waals surface area contributed by atoms with E-state index in [0.717, 1.165) is 54.5 Å². The lowest BCUT2D eigenvalue weighted by molar-refractivity contribution is -0.139. The van der Waals surface area contributed by atoms with Crippen LogP contribution in [0.3, 0.4) is 0 Å². The lowest BCUT2D eigenvalue weighted by Gasteiger charge is -2.38. The van der Waals surface area contributed by atoms with E-state index < -0.39 is 0 Å². The van der Waals surface area contributed by atoms with Crippen molar-refractivity contribution in [3.8, 4) is 11.3 Å². The molecule has 0 bridgehead atoms. The number of piperazine rings is 1. The fraction of sp³-hybridized carbons (Fsp3) is 0.379. The van der Waals surface area contributed by atoms with Gasteiger partial charge in [-0.15, -0.1) is 0 Å². The summed E-state index contributed by atoms with van der Waals surface area (Å²) in [7, 11) is 3.72. The van der Waals surface area contributed by atoms with Crippen molar-refractivity contribution in [2.24, 2.45) is 5.41 Å². The Morgan fingerprint density at radius 3 is 2.13 bits per heavy atom. The Morgan fingerprint density at radius 2 is 1.53 bits per heavy atom. The maximum Gasteiger partial charge on any atom is 0.238 e. The molecule has 2 aromatic carbocycles. The molecule has 1 fully saturated rings. The first kappa shape index (κ1) is 27.1. The van der Waals surface area contributed by atoms with Gasteiger partial charge in [0.05, 0.1) is 12.2 Å². The first-order valence-electron chi connectivity index (χ1n) is 12.9. The van der Waals surface area contributed by atoms with E-state index in [2.05, 4.69) is 37.6 Å². The van der Waals surface area contributed by atoms with Crippen LogP contribution in [0.25, 0.3) is 11.3 Å². The van der Waals surface area contributed by atoms with Crippen molar-refractivity contribution in [3.63, 3.8) is 0 Å². The number of aromatic nitrogens is 2. The highest BCUT2D eigenvalue weighted by Crippen LogP contribution is 2.25. The van der Waals surface area contributed by atoms with Gasteiger partial charge in [-0.1, -0.05) is 32.9 Å². The van der Waals surface area contributed by atoms with Gasteiger partial charge < -0.3 is 25.3 Å². The van der Waals surface area contributed by atoms with Crippen molar-refractivity contribution in [1.82, 2.24) is 19.8 Å². The maximum atomic E-state index is 12.6. The van der Waals surface area contributed by atoms with Gasteiger partial charge in [0.1, 0.15) is 0 Å². The minimum absolute atomic E-state index is 0.0554. The summed E-state index contributed by atoms with van der Waals surface area (Å²) in [4.78, 5) is 39.7. The molecule has 38 heavy (non-hydrogen) atoms. The van der Waals surface area contributed by atoms with Crippen LogP contribution in [0.1, 0.15) is 20.8 Å². The van der Waals surface area contributed by atoms with Crippen LogP contribution in [0, 0.1) is 5.41 Å². The van der Waals surface area contributed by atoms with Gasteiger partial charge in [0.15, 0.2) is 0 Å². The molecule has 2 heterocycles. The van der Waals surface area contributed by atoms with Gasteiger partial charge in [-0.05, 0) is 56.6 Å². The first-order chi connectivity index (χ1) is 18.1. The van der Waals surface area contributed by atoms with Crippen molar-refractivity contribution < 1.29 is 9.59 Å². The standard InChI is InChI=1S/C29H37N7O2/c1-29(2,3)27(38)36-18-16-35(17-19-36)24-12-10-23(11-13-24)32-28-30-15-14-25(33-28)21-6-8-22(9-7-21)31-26(37)20-34(4)5/h6-15H,16-20H2,1-5H3,(H,31,37)(H,30,32,33). The second kappa shape index (κ2) is 11.6. The minimum Gasteiger partial charge on any atom is -0.368 e. The molecular formula is C29H37N7O2. The summed E-state index contributed by atoms with van der Waals surface area (Å²) in [5.41, 5.74) is 4.14. The Balaban J connectivity index is 1.35. The quantitative estimate of drug-likeness (QED) is 0.490. The summed E-state index contributed by atoms with van der Waals surface area (Å²) in [5, 5.41) is 6.17. The van der Waals surface area contributed by atoms with Crippen LogP contribution in [-0.4, -0.2) is 78.4 Å². The van der Waals surface area contributed by atoms with E-state index in [9.17, 15) is 9.59 Å². The fourth-order valence-electron chi connectivity index (χ4n) is 4.32. The van der Waals surface area contributed by atoms with Gasteiger partial charge in [-0.2, -0.15) is 0 Å². The Hall–Kier alpha value is -3.98. The third-order valence-corrected chi connectivity index (χ3v) is 6.28. The molecule has 2 N–H and O–H groups in total. The van der Waals surface area contributed by atoms with Crippen LogP contribution in [-0.2, 0) is 9.59 Å². The number of carbonyl (C=O) groups is 2. The van der Waals surface area contributed by atoms with Crippen molar-refractivity contribution in [3.05, 3.63) is 60.8 Å². The molecule has 1 aliphatic heterocycles. The molecule has 1 saturated heterocycles. The third kappa shape index (κ3) is 7.07. The number of rotatable bonds is 7. The van der Waals surface area contributed by atoms with Gasteiger partial charge in [0.2, 0.25) is 17.8 Å². The molecule has 2 amide bonds. The number of likely N-dealkylation sites (N-methyl/N-ethyl adjacent to an activating group) is 1. The van der Waals surface area contributed by atoms with Gasteiger partial charge in [0, 0.05) is 60.4 Å². The van der Waals surface area contributed by atoms with E-state index in [1.807, 2.05) is 87.1 Å². The second-order valence-electron chi connectivity index (χ2n) is 10.8. The Kier molecular flexibility index (Phi) is 8.26. The van der Waals surface area contributed by atoms with E-state index in [4.69, 9.17) is 0 Å². The van der Waals surface area contributed by atoms with Crippen molar-refractivity contribution in [1.29, 1.82) is 0 Å². The lowest BCUT2D eigenvalue weighted by atomic mass is 9.94. The number of carbonyl (C=O) groups excluding carboxylic acids is 2. The van der Waals surface area contributed by atoms with E-state index in [-0.39, 0.29) is 17.2 Å². The highest BCUT2D eigenvalue weighted by atomic mass is 16.2. The van der Waals surface area contributed by atoms with Crippen LogP contribution in [0.2, 0.25) is 0 Å². The number of hydrogen-bond acceptors (Lipinski definition) is 7. The topological polar surface area (TPSA) is 93.7 Å². The van der Waals surface area contributed by atoms with Crippen molar-refractivity contribution in [2.75, 3.05) is 62.4 Å². The predicted molar refractivity (Wildman–Crippen MR) is 153 cm³/mol. The SMILES string of the molecule is CN(C)CC(=O)Nc1ccc(-c2ccnc(Nc3ccc(N4CCN(C(=O)C(C)(C)C)CC4)cc3)n2)cc1. The summed E-state index contributed by atoms with van der Waals surface area (Å²) in [5.74, 6) is 0.662. The highest BCUT2D eigenvalue weighted by Gasteiger charge is 2.29. The average molecular weight is 516 g/mol. The highest BCUT2D eigenvalue weighted by molar-refractivity contribution is 5.92. The van der Waals surface area contributed by atoms with E-state index in [1.54, 1.807) is 6.20 Å². The molecule has 0 spiro atoms. The van der Waals surface area contributed by atoms with E-state index in [1.165, 1.54) is 0 Å². The minimum atomic E-state index is -0.346. The summed E-state index contributed by atoms with van der Waals surface area (Å²) < 4.78 is 0. The molecule has 4 rings (SSSR count). The first-order valence-corrected chi connectivity index (χ1v) is 12.9. The zero-order valence-electron chi connectivity index (χ0n) is 22.9. The monoisotopic (exact) mass is 515 g/mol. The molecular weight excluding hydrogens is 478 g/mol. The number of amides is 2. The molecule has 0 aliphatic carbocycles. The molecule has 0 saturated carbocycles. The Labute approximate surface area is 224 Å². The van der Waals surface area contributed by atoms with Crippen LogP contribution >= 0.6 is 0 Å². The van der Waals surface area contributed by atoms with Gasteiger partial charge in [-0.25, -0.2) is 9.97 Å². The molecule has 3 aromatic rings. The predicted octanol–water partition coefficient (Wildman–Crippen LogP) is 4.08. The smallest absolute Gasteiger partial charge is 0.238 e. The summed E-state index contributed by atoms with van der Waals surface area (Å²) in [6.07, 6.45) is 1.73. The van der Waals surface area contributed by atoms with Crippen LogP contribution in [0.5, 0.6) is 0 Å². The molecule has 0 atom stereocenters. The normalized spacial score (nSPS) is 13.9. The maximum absolute atomic E-state index is 12.6. The zero-order valence-corrected chi connectivity index (χ0v) is 22.9. The molecule has 1 aliphatic rings. The van der Waals surface area contributed by atoms with Gasteiger partial charge >= 0.3 is 0 Å². The zero-order chi connectivity index (χ0) is 27.3. The molecule has 9 heteroatoms. The summed E-state index contributed by atoms with van der Waals surface area (Å²) in [6, 6.07) is 17.7. The largest absolute Gasteiger partial charge is 0.368 e. The molecule has 0 unspecified atom stereocenters. The summed E-state index contributed by atoms with van der Waals surface area (Å²) in [6.45, 7) is 9.35. The van der Waals surface area contributed by atoms with E-state index >= 15 is 0 Å². The number of anilines is 4.